The van der Waals surface area contributed by atoms with Gasteiger partial charge in [0.1, 0.15) is 11.5 Å². The van der Waals surface area contributed by atoms with Gasteiger partial charge >= 0.3 is 0 Å². The molecule has 1 heterocycles. The first-order chi connectivity index (χ1) is 15.1. The summed E-state index contributed by atoms with van der Waals surface area (Å²) in [7, 11) is 1.64. The molecule has 0 atom stereocenters. The second kappa shape index (κ2) is 9.60. The van der Waals surface area contributed by atoms with Crippen LogP contribution in [-0.4, -0.2) is 28.1 Å². The molecule has 1 fully saturated rings. The van der Waals surface area contributed by atoms with Gasteiger partial charge in [-0.25, -0.2) is 9.97 Å². The molecule has 1 amide bonds. The van der Waals surface area contributed by atoms with E-state index in [4.69, 9.17) is 9.72 Å². The highest BCUT2D eigenvalue weighted by Crippen LogP contribution is 2.30. The van der Waals surface area contributed by atoms with Gasteiger partial charge in [-0.3, -0.25) is 4.79 Å². The standard InChI is InChI=1S/C25H27N3O3/c1-31-21-12-8-19(9-13-21)23-16-26-25(22(27-23)14-17-4-2-3-5-17)28-24(30)15-18-6-10-20(29)11-7-18/h6-13,16-17,29H,2-5,14-15H2,1H3,(H,26,28,30). The predicted octanol–water partition coefficient (Wildman–Crippen LogP) is 4.77. The molecule has 4 rings (SSSR count). The van der Waals surface area contributed by atoms with Gasteiger partial charge in [-0.1, -0.05) is 37.8 Å². The summed E-state index contributed by atoms with van der Waals surface area (Å²) in [6.45, 7) is 0. The lowest BCUT2D eigenvalue weighted by atomic mass is 10.0. The van der Waals surface area contributed by atoms with Crippen molar-refractivity contribution in [3.8, 4) is 22.8 Å². The van der Waals surface area contributed by atoms with E-state index in [0.717, 1.165) is 34.7 Å². The van der Waals surface area contributed by atoms with Crippen molar-refractivity contribution >= 4 is 11.7 Å². The summed E-state index contributed by atoms with van der Waals surface area (Å²) < 4.78 is 5.24. The molecule has 3 aromatic rings. The summed E-state index contributed by atoms with van der Waals surface area (Å²) in [5, 5.41) is 12.4. The Morgan fingerprint density at radius 3 is 2.48 bits per heavy atom. The number of aromatic nitrogens is 2. The van der Waals surface area contributed by atoms with Crippen molar-refractivity contribution in [2.24, 2.45) is 5.92 Å². The molecule has 6 nitrogen and oxygen atoms in total. The van der Waals surface area contributed by atoms with E-state index in [9.17, 15) is 9.90 Å². The summed E-state index contributed by atoms with van der Waals surface area (Å²) >= 11 is 0. The Balaban J connectivity index is 1.55. The zero-order chi connectivity index (χ0) is 21.6. The number of phenols is 1. The maximum atomic E-state index is 12.6. The molecule has 160 valence electrons. The molecular weight excluding hydrogens is 390 g/mol. The number of phenolic OH excluding ortho intramolecular Hbond substituents is 1. The van der Waals surface area contributed by atoms with Crippen LogP contribution in [0.2, 0.25) is 0 Å². The Morgan fingerprint density at radius 2 is 1.81 bits per heavy atom. The smallest absolute Gasteiger partial charge is 0.229 e. The molecule has 6 heteroatoms. The van der Waals surface area contributed by atoms with Crippen LogP contribution in [0.25, 0.3) is 11.3 Å². The van der Waals surface area contributed by atoms with Gasteiger partial charge in [0.2, 0.25) is 5.91 Å². The molecule has 0 radical (unpaired) electrons. The molecule has 0 bridgehead atoms. The number of nitrogens with one attached hydrogen (secondary N) is 1. The highest BCUT2D eigenvalue weighted by molar-refractivity contribution is 5.92. The number of ether oxygens (including phenoxy) is 1. The fraction of sp³-hybridized carbons (Fsp3) is 0.320. The van der Waals surface area contributed by atoms with E-state index >= 15 is 0 Å². The summed E-state index contributed by atoms with van der Waals surface area (Å²) in [6, 6.07) is 14.4. The number of nitrogens with zero attached hydrogens (tertiary/aromatic N) is 2. The maximum Gasteiger partial charge on any atom is 0.229 e. The average Bonchev–Trinajstić information content (AvgIpc) is 3.30. The zero-order valence-corrected chi connectivity index (χ0v) is 17.7. The number of hydrogen-bond donors (Lipinski definition) is 2. The van der Waals surface area contributed by atoms with Crippen LogP contribution in [0.4, 0.5) is 5.82 Å². The summed E-state index contributed by atoms with van der Waals surface area (Å²) in [5.41, 5.74) is 3.41. The van der Waals surface area contributed by atoms with Crippen LogP contribution in [0.5, 0.6) is 11.5 Å². The van der Waals surface area contributed by atoms with Crippen molar-refractivity contribution in [1.82, 2.24) is 9.97 Å². The number of amides is 1. The molecule has 31 heavy (non-hydrogen) atoms. The van der Waals surface area contributed by atoms with Crippen LogP contribution >= 0.6 is 0 Å². The normalized spacial score (nSPS) is 13.8. The number of anilines is 1. The lowest BCUT2D eigenvalue weighted by Crippen LogP contribution is -2.18. The topological polar surface area (TPSA) is 84.3 Å². The molecule has 1 saturated carbocycles. The Labute approximate surface area is 182 Å². The van der Waals surface area contributed by atoms with Crippen molar-refractivity contribution in [1.29, 1.82) is 0 Å². The van der Waals surface area contributed by atoms with E-state index in [2.05, 4.69) is 10.3 Å². The van der Waals surface area contributed by atoms with Gasteiger partial charge in [0.15, 0.2) is 5.82 Å². The number of hydrogen-bond acceptors (Lipinski definition) is 5. The first-order valence-corrected chi connectivity index (χ1v) is 10.7. The number of aromatic hydroxyl groups is 1. The van der Waals surface area contributed by atoms with Crippen molar-refractivity contribution in [2.45, 2.75) is 38.5 Å². The largest absolute Gasteiger partial charge is 0.508 e. The molecule has 0 unspecified atom stereocenters. The third kappa shape index (κ3) is 5.40. The Bertz CT molecular complexity index is 1030. The predicted molar refractivity (Wildman–Crippen MR) is 120 cm³/mol. The molecule has 0 aliphatic heterocycles. The molecule has 0 saturated heterocycles. The Hall–Kier alpha value is -3.41. The highest BCUT2D eigenvalue weighted by atomic mass is 16.5. The van der Waals surface area contributed by atoms with Gasteiger partial charge in [-0.15, -0.1) is 0 Å². The molecule has 1 aromatic heterocycles. The van der Waals surface area contributed by atoms with E-state index in [1.165, 1.54) is 25.7 Å². The van der Waals surface area contributed by atoms with Gasteiger partial charge in [0, 0.05) is 5.56 Å². The number of benzene rings is 2. The van der Waals surface area contributed by atoms with Gasteiger partial charge in [0.25, 0.3) is 0 Å². The van der Waals surface area contributed by atoms with Crippen molar-refractivity contribution in [2.75, 3.05) is 12.4 Å². The number of methoxy groups -OCH3 is 1. The van der Waals surface area contributed by atoms with E-state index in [1.807, 2.05) is 24.3 Å². The van der Waals surface area contributed by atoms with Gasteiger partial charge in [0.05, 0.1) is 31.1 Å². The van der Waals surface area contributed by atoms with Crippen LogP contribution in [0.1, 0.15) is 36.9 Å². The van der Waals surface area contributed by atoms with Crippen molar-refractivity contribution in [3.05, 3.63) is 66.0 Å². The highest BCUT2D eigenvalue weighted by Gasteiger charge is 2.20. The molecule has 2 N–H and O–H groups in total. The zero-order valence-electron chi connectivity index (χ0n) is 17.7. The van der Waals surface area contributed by atoms with Gasteiger partial charge < -0.3 is 15.2 Å². The number of carbonyl (C=O) groups excluding carboxylic acids is 1. The molecule has 2 aromatic carbocycles. The SMILES string of the molecule is COc1ccc(-c2cnc(NC(=O)Cc3ccc(O)cc3)c(CC3CCCC3)n2)cc1. The average molecular weight is 418 g/mol. The van der Waals surface area contributed by atoms with E-state index in [-0.39, 0.29) is 18.1 Å². The lowest BCUT2D eigenvalue weighted by Gasteiger charge is -2.14. The third-order valence-corrected chi connectivity index (χ3v) is 5.75. The molecule has 1 aliphatic rings. The van der Waals surface area contributed by atoms with Crippen LogP contribution in [0.3, 0.4) is 0 Å². The van der Waals surface area contributed by atoms with Crippen LogP contribution in [-0.2, 0) is 17.6 Å². The van der Waals surface area contributed by atoms with Crippen LogP contribution in [0.15, 0.2) is 54.7 Å². The van der Waals surface area contributed by atoms with Gasteiger partial charge in [-0.2, -0.15) is 0 Å². The second-order valence-corrected chi connectivity index (χ2v) is 8.03. The third-order valence-electron chi connectivity index (χ3n) is 5.75. The monoisotopic (exact) mass is 417 g/mol. The number of carbonyl (C=O) groups is 1. The van der Waals surface area contributed by atoms with E-state index in [0.29, 0.717) is 11.7 Å². The van der Waals surface area contributed by atoms with Crippen molar-refractivity contribution in [3.63, 3.8) is 0 Å². The van der Waals surface area contributed by atoms with Crippen LogP contribution < -0.4 is 10.1 Å². The minimum Gasteiger partial charge on any atom is -0.508 e. The van der Waals surface area contributed by atoms with Crippen LogP contribution in [0, 0.1) is 5.92 Å². The van der Waals surface area contributed by atoms with E-state index in [1.54, 1.807) is 37.6 Å². The summed E-state index contributed by atoms with van der Waals surface area (Å²) in [4.78, 5) is 22.1. The molecular formula is C25H27N3O3. The number of rotatable bonds is 7. The maximum absolute atomic E-state index is 12.6. The van der Waals surface area contributed by atoms with E-state index < -0.39 is 0 Å². The Kier molecular flexibility index (Phi) is 6.46. The molecule has 1 aliphatic carbocycles. The fourth-order valence-corrected chi connectivity index (χ4v) is 4.04. The minimum atomic E-state index is -0.148. The quantitative estimate of drug-likeness (QED) is 0.578. The fourth-order valence-electron chi connectivity index (χ4n) is 4.04. The first kappa shape index (κ1) is 20.8. The summed E-state index contributed by atoms with van der Waals surface area (Å²) in [6.07, 6.45) is 7.61. The Morgan fingerprint density at radius 1 is 1.10 bits per heavy atom. The minimum absolute atomic E-state index is 0.148. The molecule has 0 spiro atoms. The lowest BCUT2D eigenvalue weighted by molar-refractivity contribution is -0.115. The first-order valence-electron chi connectivity index (χ1n) is 10.7. The second-order valence-electron chi connectivity index (χ2n) is 8.03. The van der Waals surface area contributed by atoms with Crippen molar-refractivity contribution < 1.29 is 14.6 Å². The van der Waals surface area contributed by atoms with Gasteiger partial charge in [-0.05, 0) is 54.3 Å². The summed E-state index contributed by atoms with van der Waals surface area (Å²) in [5.74, 6) is 1.94.